The maximum atomic E-state index is 5.90. The molecule has 1 aromatic heterocycles. The fourth-order valence-corrected chi connectivity index (χ4v) is 5.02. The number of thiocarbonyl (C=S) groups is 1. The van der Waals surface area contributed by atoms with Crippen LogP contribution < -0.4 is 5.32 Å². The van der Waals surface area contributed by atoms with E-state index in [2.05, 4.69) is 64.6 Å². The number of nitrogens with zero attached hydrogens (tertiary/aromatic N) is 2. The molecule has 136 valence electrons. The van der Waals surface area contributed by atoms with Crippen LogP contribution in [0.15, 0.2) is 54.9 Å². The third kappa shape index (κ3) is 3.75. The molecule has 26 heavy (non-hydrogen) atoms. The molecule has 4 heteroatoms. The van der Waals surface area contributed by atoms with Crippen LogP contribution in [0, 0.1) is 11.8 Å². The normalized spacial score (nSPS) is 25.0. The van der Waals surface area contributed by atoms with Crippen molar-refractivity contribution in [1.29, 1.82) is 0 Å². The van der Waals surface area contributed by atoms with Crippen LogP contribution in [-0.2, 0) is 6.54 Å². The molecule has 0 spiro atoms. The average molecular weight is 366 g/mol. The van der Waals surface area contributed by atoms with Gasteiger partial charge in [-0.05, 0) is 73.5 Å². The molecule has 2 bridgehead atoms. The number of benzene rings is 1. The first kappa shape index (κ1) is 17.5. The smallest absolute Gasteiger partial charge is 0.169 e. The fourth-order valence-electron chi connectivity index (χ4n) is 4.64. The standard InChI is InChI=1S/C22H27N3S/c1-16(19-5-3-2-4-6-19)25(15-17-9-11-23-12-10-17)22(26)24-21-14-18-7-8-20(21)13-18/h2-6,9-12,16,18,20-21H,7-8,13-15H2,1H3,(H,24,26)/t16-,18+,20+,21-/m1/s1. The molecule has 0 radical (unpaired) electrons. The molecule has 0 saturated heterocycles. The van der Waals surface area contributed by atoms with Crippen LogP contribution >= 0.6 is 12.2 Å². The summed E-state index contributed by atoms with van der Waals surface area (Å²) in [5.74, 6) is 1.73. The van der Waals surface area contributed by atoms with E-state index in [9.17, 15) is 0 Å². The highest BCUT2D eigenvalue weighted by Gasteiger charge is 2.40. The van der Waals surface area contributed by atoms with Crippen LogP contribution in [0.1, 0.15) is 49.8 Å². The Labute approximate surface area is 161 Å². The van der Waals surface area contributed by atoms with E-state index in [0.717, 1.165) is 23.5 Å². The van der Waals surface area contributed by atoms with E-state index >= 15 is 0 Å². The van der Waals surface area contributed by atoms with E-state index in [4.69, 9.17) is 12.2 Å². The molecule has 2 aromatic rings. The molecule has 2 aliphatic rings. The minimum Gasteiger partial charge on any atom is -0.360 e. The zero-order valence-electron chi connectivity index (χ0n) is 15.3. The van der Waals surface area contributed by atoms with Gasteiger partial charge in [0, 0.05) is 25.0 Å². The van der Waals surface area contributed by atoms with Gasteiger partial charge in [0.05, 0.1) is 6.04 Å². The molecule has 2 saturated carbocycles. The number of hydrogen-bond donors (Lipinski definition) is 1. The van der Waals surface area contributed by atoms with E-state index in [1.807, 2.05) is 12.4 Å². The minimum atomic E-state index is 0.225. The highest BCUT2D eigenvalue weighted by Crippen LogP contribution is 2.44. The van der Waals surface area contributed by atoms with Gasteiger partial charge in [-0.2, -0.15) is 0 Å². The average Bonchev–Trinajstić information content (AvgIpc) is 3.30. The van der Waals surface area contributed by atoms with Gasteiger partial charge in [-0.25, -0.2) is 0 Å². The lowest BCUT2D eigenvalue weighted by Crippen LogP contribution is -2.47. The minimum absolute atomic E-state index is 0.225. The molecular formula is C22H27N3S. The molecule has 3 nitrogen and oxygen atoms in total. The van der Waals surface area contributed by atoms with Crippen molar-refractivity contribution < 1.29 is 0 Å². The Bertz CT molecular complexity index is 734. The van der Waals surface area contributed by atoms with Crippen LogP contribution in [0.5, 0.6) is 0 Å². The van der Waals surface area contributed by atoms with Gasteiger partial charge in [0.25, 0.3) is 0 Å². The Kier molecular flexibility index (Phi) is 5.21. The van der Waals surface area contributed by atoms with Gasteiger partial charge in [-0.15, -0.1) is 0 Å². The number of fused-ring (bicyclic) bond motifs is 2. The SMILES string of the molecule is C[C@H](c1ccccc1)N(Cc1ccncc1)C(=S)N[C@@H]1C[C@H]2CC[C@H]1C2. The van der Waals surface area contributed by atoms with E-state index in [1.165, 1.54) is 36.8 Å². The number of nitrogens with one attached hydrogen (secondary N) is 1. The van der Waals surface area contributed by atoms with Crippen molar-refractivity contribution in [3.63, 3.8) is 0 Å². The Morgan fingerprint density at radius 3 is 2.58 bits per heavy atom. The van der Waals surface area contributed by atoms with Crippen LogP contribution in [0.4, 0.5) is 0 Å². The first-order chi connectivity index (χ1) is 12.7. The lowest BCUT2D eigenvalue weighted by molar-refractivity contribution is 0.306. The van der Waals surface area contributed by atoms with E-state index in [1.54, 1.807) is 0 Å². The largest absolute Gasteiger partial charge is 0.360 e. The Hall–Kier alpha value is -1.94. The van der Waals surface area contributed by atoms with Crippen molar-refractivity contribution >= 4 is 17.3 Å². The second kappa shape index (κ2) is 7.75. The molecule has 4 atom stereocenters. The molecule has 0 unspecified atom stereocenters. The molecule has 0 amide bonds. The zero-order chi connectivity index (χ0) is 17.9. The molecule has 1 heterocycles. The number of aromatic nitrogens is 1. The number of hydrogen-bond acceptors (Lipinski definition) is 2. The van der Waals surface area contributed by atoms with Crippen molar-refractivity contribution in [3.05, 3.63) is 66.0 Å². The van der Waals surface area contributed by atoms with Crippen LogP contribution in [0.3, 0.4) is 0 Å². The van der Waals surface area contributed by atoms with Crippen molar-refractivity contribution in [2.24, 2.45) is 11.8 Å². The molecule has 1 aromatic carbocycles. The van der Waals surface area contributed by atoms with Gasteiger partial charge >= 0.3 is 0 Å². The Balaban J connectivity index is 1.52. The summed E-state index contributed by atoms with van der Waals surface area (Å²) in [7, 11) is 0. The Morgan fingerprint density at radius 2 is 1.92 bits per heavy atom. The lowest BCUT2D eigenvalue weighted by atomic mass is 9.95. The van der Waals surface area contributed by atoms with Crippen LogP contribution in [0.2, 0.25) is 0 Å². The maximum Gasteiger partial charge on any atom is 0.169 e. The second-order valence-corrected chi connectivity index (χ2v) is 8.19. The van der Waals surface area contributed by atoms with Gasteiger partial charge in [0.2, 0.25) is 0 Å². The summed E-state index contributed by atoms with van der Waals surface area (Å²) in [6.45, 7) is 3.04. The highest BCUT2D eigenvalue weighted by molar-refractivity contribution is 7.80. The predicted octanol–water partition coefficient (Wildman–Crippen LogP) is 4.71. The number of pyridine rings is 1. The first-order valence-electron chi connectivity index (χ1n) is 9.71. The summed E-state index contributed by atoms with van der Waals surface area (Å²) in [5.41, 5.74) is 2.53. The second-order valence-electron chi connectivity index (χ2n) is 7.80. The maximum absolute atomic E-state index is 5.90. The van der Waals surface area contributed by atoms with Crippen molar-refractivity contribution in [3.8, 4) is 0 Å². The first-order valence-corrected chi connectivity index (χ1v) is 10.1. The quantitative estimate of drug-likeness (QED) is 0.777. The topological polar surface area (TPSA) is 28.2 Å². The third-order valence-electron chi connectivity index (χ3n) is 6.16. The summed E-state index contributed by atoms with van der Waals surface area (Å²) < 4.78 is 0. The Morgan fingerprint density at radius 1 is 1.15 bits per heavy atom. The molecule has 2 fully saturated rings. The van der Waals surface area contributed by atoms with Gasteiger partial charge in [-0.3, -0.25) is 4.98 Å². The van der Waals surface area contributed by atoms with E-state index < -0.39 is 0 Å². The van der Waals surface area contributed by atoms with E-state index in [-0.39, 0.29) is 6.04 Å². The number of rotatable bonds is 5. The molecule has 0 aliphatic heterocycles. The van der Waals surface area contributed by atoms with Gasteiger partial charge < -0.3 is 10.2 Å². The summed E-state index contributed by atoms with van der Waals surface area (Å²) in [5, 5.41) is 4.61. The fraction of sp³-hybridized carbons (Fsp3) is 0.455. The van der Waals surface area contributed by atoms with Gasteiger partial charge in [-0.1, -0.05) is 36.8 Å². The zero-order valence-corrected chi connectivity index (χ0v) is 16.2. The van der Waals surface area contributed by atoms with Gasteiger partial charge in [0.1, 0.15) is 0 Å². The third-order valence-corrected chi connectivity index (χ3v) is 6.51. The summed E-state index contributed by atoms with van der Waals surface area (Å²) in [4.78, 5) is 6.47. The summed E-state index contributed by atoms with van der Waals surface area (Å²) >= 11 is 5.90. The molecule has 4 rings (SSSR count). The molecule has 2 aliphatic carbocycles. The van der Waals surface area contributed by atoms with Crippen LogP contribution in [-0.4, -0.2) is 21.0 Å². The van der Waals surface area contributed by atoms with Crippen LogP contribution in [0.25, 0.3) is 0 Å². The van der Waals surface area contributed by atoms with Crippen molar-refractivity contribution in [2.45, 2.75) is 51.2 Å². The van der Waals surface area contributed by atoms with Crippen molar-refractivity contribution in [1.82, 2.24) is 15.2 Å². The molecule has 1 N–H and O–H groups in total. The monoisotopic (exact) mass is 365 g/mol. The summed E-state index contributed by atoms with van der Waals surface area (Å²) in [6, 6.07) is 15.6. The summed E-state index contributed by atoms with van der Waals surface area (Å²) in [6.07, 6.45) is 9.16. The van der Waals surface area contributed by atoms with Gasteiger partial charge in [0.15, 0.2) is 5.11 Å². The predicted molar refractivity (Wildman–Crippen MR) is 110 cm³/mol. The van der Waals surface area contributed by atoms with Crippen molar-refractivity contribution in [2.75, 3.05) is 0 Å². The highest BCUT2D eigenvalue weighted by atomic mass is 32.1. The lowest BCUT2D eigenvalue weighted by Gasteiger charge is -2.35. The molecular weight excluding hydrogens is 338 g/mol. The van der Waals surface area contributed by atoms with E-state index in [0.29, 0.717) is 6.04 Å².